The van der Waals surface area contributed by atoms with Crippen LogP contribution in [0.1, 0.15) is 16.2 Å². The molecule has 0 unspecified atom stereocenters. The molecule has 1 rings (SSSR count). The molecule has 0 spiro atoms. The highest BCUT2D eigenvalue weighted by molar-refractivity contribution is 9.24. The SMILES string of the molecule is COc1cc(OC(C)=O)c(Br)c(C(Br)Br)c1. The summed E-state index contributed by atoms with van der Waals surface area (Å²) in [5.74, 6) is 0.685. The highest BCUT2D eigenvalue weighted by Gasteiger charge is 2.16. The molecule has 6 heteroatoms. The van der Waals surface area contributed by atoms with Gasteiger partial charge >= 0.3 is 5.97 Å². The van der Waals surface area contributed by atoms with Crippen molar-refractivity contribution in [1.29, 1.82) is 0 Å². The number of halogens is 3. The maximum Gasteiger partial charge on any atom is 0.308 e. The Morgan fingerprint density at radius 2 is 2.00 bits per heavy atom. The van der Waals surface area contributed by atoms with E-state index in [-0.39, 0.29) is 9.71 Å². The zero-order chi connectivity index (χ0) is 12.3. The number of hydrogen-bond donors (Lipinski definition) is 0. The molecule has 1 aromatic carbocycles. The van der Waals surface area contributed by atoms with E-state index in [1.807, 2.05) is 6.07 Å². The number of alkyl halides is 2. The Labute approximate surface area is 119 Å². The van der Waals surface area contributed by atoms with Gasteiger partial charge in [-0.25, -0.2) is 0 Å². The van der Waals surface area contributed by atoms with Crippen molar-refractivity contribution in [3.8, 4) is 11.5 Å². The summed E-state index contributed by atoms with van der Waals surface area (Å²) in [5.41, 5.74) is 0.885. The second-order valence-electron chi connectivity index (χ2n) is 2.92. The molecule has 0 saturated carbocycles. The lowest BCUT2D eigenvalue weighted by molar-refractivity contribution is -0.131. The molecule has 0 bridgehead atoms. The fourth-order valence-corrected chi connectivity index (χ4v) is 2.97. The minimum Gasteiger partial charge on any atom is -0.497 e. The van der Waals surface area contributed by atoms with E-state index >= 15 is 0 Å². The molecule has 0 N–H and O–H groups in total. The number of carbonyl (C=O) groups is 1. The van der Waals surface area contributed by atoms with Crippen molar-refractivity contribution in [1.82, 2.24) is 0 Å². The van der Waals surface area contributed by atoms with Crippen LogP contribution < -0.4 is 9.47 Å². The van der Waals surface area contributed by atoms with Crippen LogP contribution in [0.4, 0.5) is 0 Å². The van der Waals surface area contributed by atoms with Gasteiger partial charge in [0.1, 0.15) is 11.5 Å². The van der Waals surface area contributed by atoms with Gasteiger partial charge in [0.05, 0.1) is 15.3 Å². The first-order chi connectivity index (χ1) is 7.45. The highest BCUT2D eigenvalue weighted by atomic mass is 79.9. The van der Waals surface area contributed by atoms with E-state index in [9.17, 15) is 4.79 Å². The van der Waals surface area contributed by atoms with Crippen molar-refractivity contribution in [2.24, 2.45) is 0 Å². The number of esters is 1. The third kappa shape index (κ3) is 3.46. The van der Waals surface area contributed by atoms with Crippen LogP contribution in [0, 0.1) is 0 Å². The average molecular weight is 417 g/mol. The average Bonchev–Trinajstić information content (AvgIpc) is 2.19. The third-order valence-electron chi connectivity index (χ3n) is 1.77. The number of carbonyl (C=O) groups excluding carboxylic acids is 1. The van der Waals surface area contributed by atoms with E-state index in [1.165, 1.54) is 6.92 Å². The molecule has 0 atom stereocenters. The van der Waals surface area contributed by atoms with Crippen LogP contribution >= 0.6 is 47.8 Å². The topological polar surface area (TPSA) is 35.5 Å². The molecule has 0 aliphatic rings. The standard InChI is InChI=1S/C10H9Br3O3/c1-5(14)16-8-4-6(15-2)3-7(9(8)11)10(12)13/h3-4,10H,1-2H3. The smallest absolute Gasteiger partial charge is 0.308 e. The largest absolute Gasteiger partial charge is 0.497 e. The Morgan fingerprint density at radius 3 is 2.44 bits per heavy atom. The molecule has 0 fully saturated rings. The van der Waals surface area contributed by atoms with E-state index in [0.717, 1.165) is 5.56 Å². The maximum atomic E-state index is 10.9. The first-order valence-corrected chi connectivity index (χ1v) is 6.92. The van der Waals surface area contributed by atoms with E-state index in [0.29, 0.717) is 16.0 Å². The Balaban J connectivity index is 3.25. The normalized spacial score (nSPS) is 10.4. The van der Waals surface area contributed by atoms with Gasteiger partial charge in [-0.2, -0.15) is 0 Å². The molecule has 0 aliphatic heterocycles. The van der Waals surface area contributed by atoms with Crippen molar-refractivity contribution in [2.75, 3.05) is 7.11 Å². The predicted octanol–water partition coefficient (Wildman–Crippen LogP) is 4.17. The quantitative estimate of drug-likeness (QED) is 0.421. The van der Waals surface area contributed by atoms with E-state index in [1.54, 1.807) is 13.2 Å². The van der Waals surface area contributed by atoms with Gasteiger partial charge in [-0.3, -0.25) is 4.79 Å². The summed E-state index contributed by atoms with van der Waals surface area (Å²) in [6, 6.07) is 3.49. The molecule has 0 radical (unpaired) electrons. The molecule has 16 heavy (non-hydrogen) atoms. The van der Waals surface area contributed by atoms with Crippen LogP contribution in [-0.2, 0) is 4.79 Å². The number of benzene rings is 1. The summed E-state index contributed by atoms with van der Waals surface area (Å²) in [4.78, 5) is 10.9. The summed E-state index contributed by atoms with van der Waals surface area (Å²) in [5, 5.41) is 0. The summed E-state index contributed by atoms with van der Waals surface area (Å²) >= 11 is 10.2. The minimum atomic E-state index is -0.374. The van der Waals surface area contributed by atoms with Crippen molar-refractivity contribution in [2.45, 2.75) is 10.7 Å². The molecule has 0 aromatic heterocycles. The van der Waals surface area contributed by atoms with Crippen molar-refractivity contribution in [3.05, 3.63) is 22.2 Å². The van der Waals surface area contributed by atoms with Gasteiger partial charge in [-0.05, 0) is 27.6 Å². The summed E-state index contributed by atoms with van der Waals surface area (Å²) in [6.45, 7) is 1.35. The van der Waals surface area contributed by atoms with Crippen LogP contribution in [0.15, 0.2) is 16.6 Å². The van der Waals surface area contributed by atoms with Crippen LogP contribution in [0.25, 0.3) is 0 Å². The Morgan fingerprint density at radius 1 is 1.38 bits per heavy atom. The second-order valence-corrected chi connectivity index (χ2v) is 6.78. The van der Waals surface area contributed by atoms with Gasteiger partial charge in [0.25, 0.3) is 0 Å². The minimum absolute atomic E-state index is 0.0567. The Kier molecular flexibility index (Phi) is 5.27. The zero-order valence-electron chi connectivity index (χ0n) is 8.59. The van der Waals surface area contributed by atoms with Gasteiger partial charge in [0.2, 0.25) is 0 Å². The van der Waals surface area contributed by atoms with E-state index in [4.69, 9.17) is 9.47 Å². The first kappa shape index (κ1) is 14.0. The molecule has 88 valence electrons. The summed E-state index contributed by atoms with van der Waals surface area (Å²) in [6.07, 6.45) is 0. The fraction of sp³-hybridized carbons (Fsp3) is 0.300. The van der Waals surface area contributed by atoms with E-state index < -0.39 is 0 Å². The summed E-state index contributed by atoms with van der Waals surface area (Å²) < 4.78 is 10.9. The van der Waals surface area contributed by atoms with Crippen LogP contribution in [0.2, 0.25) is 0 Å². The van der Waals surface area contributed by atoms with E-state index in [2.05, 4.69) is 47.8 Å². The van der Waals surface area contributed by atoms with Gasteiger partial charge < -0.3 is 9.47 Å². The first-order valence-electron chi connectivity index (χ1n) is 4.29. The zero-order valence-corrected chi connectivity index (χ0v) is 13.3. The van der Waals surface area contributed by atoms with Crippen LogP contribution in [0.5, 0.6) is 11.5 Å². The molecular formula is C10H9Br3O3. The Bertz CT molecular complexity index is 405. The van der Waals surface area contributed by atoms with Gasteiger partial charge in [-0.1, -0.05) is 31.9 Å². The van der Waals surface area contributed by atoms with Gasteiger partial charge in [0, 0.05) is 13.0 Å². The van der Waals surface area contributed by atoms with Crippen molar-refractivity contribution >= 4 is 53.8 Å². The van der Waals surface area contributed by atoms with Crippen molar-refractivity contribution < 1.29 is 14.3 Å². The monoisotopic (exact) mass is 414 g/mol. The van der Waals surface area contributed by atoms with Crippen molar-refractivity contribution in [3.63, 3.8) is 0 Å². The van der Waals surface area contributed by atoms with Crippen LogP contribution in [0.3, 0.4) is 0 Å². The molecule has 1 aromatic rings. The van der Waals surface area contributed by atoms with Gasteiger partial charge in [0.15, 0.2) is 0 Å². The molecule has 0 aliphatic carbocycles. The van der Waals surface area contributed by atoms with Crippen LogP contribution in [-0.4, -0.2) is 13.1 Å². The third-order valence-corrected chi connectivity index (χ3v) is 3.60. The number of methoxy groups -OCH3 is 1. The molecule has 0 amide bonds. The number of ether oxygens (including phenoxy) is 2. The molecule has 0 heterocycles. The number of rotatable bonds is 3. The Hall–Kier alpha value is -0.0700. The molecule has 3 nitrogen and oxygen atoms in total. The van der Waals surface area contributed by atoms with Gasteiger partial charge in [-0.15, -0.1) is 0 Å². The highest BCUT2D eigenvalue weighted by Crippen LogP contribution is 2.42. The lowest BCUT2D eigenvalue weighted by Crippen LogP contribution is -2.03. The second kappa shape index (κ2) is 6.02. The predicted molar refractivity (Wildman–Crippen MR) is 72.6 cm³/mol. The lowest BCUT2D eigenvalue weighted by atomic mass is 10.2. The molecule has 0 saturated heterocycles. The number of hydrogen-bond acceptors (Lipinski definition) is 3. The molecular weight excluding hydrogens is 408 g/mol. The lowest BCUT2D eigenvalue weighted by Gasteiger charge is -2.12. The summed E-state index contributed by atoms with van der Waals surface area (Å²) in [7, 11) is 1.56. The maximum absolute atomic E-state index is 10.9. The fourth-order valence-electron chi connectivity index (χ4n) is 1.10.